The summed E-state index contributed by atoms with van der Waals surface area (Å²) in [7, 11) is 2.65. The van der Waals surface area contributed by atoms with E-state index in [0.29, 0.717) is 26.1 Å². The molecule has 2 aromatic carbocycles. The van der Waals surface area contributed by atoms with Crippen molar-refractivity contribution in [2.75, 3.05) is 27.4 Å². The predicted molar refractivity (Wildman–Crippen MR) is 244 cm³/mol. The summed E-state index contributed by atoms with van der Waals surface area (Å²) in [5.74, 6) is 1.19. The van der Waals surface area contributed by atoms with Crippen molar-refractivity contribution in [2.24, 2.45) is 11.8 Å². The lowest BCUT2D eigenvalue weighted by Crippen LogP contribution is -2.55. The number of imidazole rings is 2. The number of carbonyl (C=O) groups excluding carboxylic acids is 4. The summed E-state index contributed by atoms with van der Waals surface area (Å²) in [4.78, 5) is 74.6. The molecule has 2 spiro atoms. The van der Waals surface area contributed by atoms with Crippen molar-refractivity contribution in [3.63, 3.8) is 0 Å². The number of likely N-dealkylation sites (tertiary alicyclic amines) is 2. The number of alkyl carbamates (subject to hydrolysis) is 2. The molecule has 0 bridgehead atoms. The van der Waals surface area contributed by atoms with Crippen molar-refractivity contribution < 1.29 is 38.1 Å². The Morgan fingerprint density at radius 1 is 0.606 bits per heavy atom. The lowest BCUT2D eigenvalue weighted by Gasteiger charge is -2.38. The van der Waals surface area contributed by atoms with Gasteiger partial charge in [-0.2, -0.15) is 0 Å². The Morgan fingerprint density at radius 2 is 0.985 bits per heavy atom. The molecule has 10 rings (SSSR count). The second kappa shape index (κ2) is 17.8. The van der Waals surface area contributed by atoms with Crippen LogP contribution >= 0.6 is 0 Å². The van der Waals surface area contributed by atoms with Crippen LogP contribution in [0.1, 0.15) is 115 Å². The number of aromatic nitrogens is 4. The van der Waals surface area contributed by atoms with E-state index < -0.39 is 24.3 Å². The normalized spacial score (nSPS) is 27.0. The number of benzene rings is 2. The average molecular weight is 903 g/mol. The molecule has 16 heteroatoms. The lowest BCUT2D eigenvalue weighted by atomic mass is 9.86. The van der Waals surface area contributed by atoms with Crippen molar-refractivity contribution in [3.8, 4) is 33.6 Å². The fourth-order valence-corrected chi connectivity index (χ4v) is 11.4. The Hall–Kier alpha value is -5.74. The van der Waals surface area contributed by atoms with Gasteiger partial charge in [-0.25, -0.2) is 19.6 Å². The number of ether oxygens (including phenoxy) is 4. The molecule has 4 aromatic rings. The van der Waals surface area contributed by atoms with E-state index in [9.17, 15) is 19.2 Å². The number of carbonyl (C=O) groups is 4. The van der Waals surface area contributed by atoms with Gasteiger partial charge in [-0.05, 0) is 114 Å². The Balaban J connectivity index is 0.802. The fraction of sp³-hybridized carbons (Fsp3) is 0.560. The molecule has 4 amide bonds. The second-order valence-corrected chi connectivity index (χ2v) is 19.7. The highest BCUT2D eigenvalue weighted by Crippen LogP contribution is 2.51. The number of hydrogen-bond donors (Lipinski definition) is 4. The van der Waals surface area contributed by atoms with Crippen LogP contribution in [-0.2, 0) is 28.5 Å². The average Bonchev–Trinajstić information content (AvgIpc) is 3.87. The van der Waals surface area contributed by atoms with Gasteiger partial charge in [0, 0.05) is 48.8 Å². The predicted octanol–water partition coefficient (Wildman–Crippen LogP) is 7.61. The van der Waals surface area contributed by atoms with E-state index >= 15 is 0 Å². The number of aromatic amines is 2. The standard InChI is InChI=1S/C50H62N8O8/c1-29-5-15-39(57(29)45(59)41(55-47(61)63-3)35-17-23-65-49(25-35)19-20-49)43-51-27-37(53-43)33-11-7-31(8-12-33)32-9-13-34(14-10-32)38-28-52-44(54-38)40-16-6-30(2)58(40)46(60)42(56-48(62)64-4)36-18-24-66-50(26-36)21-22-50/h7-14,27-30,35-36,39-42H,5-6,15-26H2,1-4H3,(H,51,53)(H,52,54)(H,55,61)(H,56,62)/t29-,30-,35?,36?,39-,40-,41?,42?/m0/s1. The number of methoxy groups -OCH3 is 2. The number of hydrogen-bond acceptors (Lipinski definition) is 10. The first-order chi connectivity index (χ1) is 32.0. The van der Waals surface area contributed by atoms with Gasteiger partial charge >= 0.3 is 12.2 Å². The topological polar surface area (TPSA) is 193 Å². The summed E-state index contributed by atoms with van der Waals surface area (Å²) in [6.45, 7) is 5.29. The van der Waals surface area contributed by atoms with E-state index in [1.807, 2.05) is 22.2 Å². The van der Waals surface area contributed by atoms with E-state index in [4.69, 9.17) is 28.9 Å². The molecule has 4 unspecified atom stereocenters. The van der Waals surface area contributed by atoms with E-state index in [2.05, 4.69) is 83.0 Å². The van der Waals surface area contributed by atoms with Gasteiger partial charge in [-0.15, -0.1) is 0 Å². The van der Waals surface area contributed by atoms with E-state index in [1.165, 1.54) is 14.2 Å². The van der Waals surface area contributed by atoms with Crippen LogP contribution < -0.4 is 10.6 Å². The first-order valence-electron chi connectivity index (χ1n) is 23.9. The van der Waals surface area contributed by atoms with Gasteiger partial charge in [0.25, 0.3) is 0 Å². The zero-order valence-electron chi connectivity index (χ0n) is 38.3. The number of H-pyrrole nitrogens is 2. The molecule has 350 valence electrons. The quantitative estimate of drug-likeness (QED) is 0.117. The van der Waals surface area contributed by atoms with Gasteiger partial charge in [-0.1, -0.05) is 48.5 Å². The zero-order chi connectivity index (χ0) is 45.7. The van der Waals surface area contributed by atoms with Gasteiger partial charge in [0.15, 0.2) is 0 Å². The van der Waals surface area contributed by atoms with Crippen LogP contribution in [0.3, 0.4) is 0 Å². The summed E-state index contributed by atoms with van der Waals surface area (Å²) in [5, 5.41) is 5.80. The van der Waals surface area contributed by atoms with Gasteiger partial charge in [0.05, 0.1) is 48.9 Å². The van der Waals surface area contributed by atoms with Crippen LogP contribution in [-0.4, -0.2) is 117 Å². The largest absolute Gasteiger partial charge is 0.453 e. The smallest absolute Gasteiger partial charge is 0.407 e. The maximum atomic E-state index is 14.4. The summed E-state index contributed by atoms with van der Waals surface area (Å²) >= 11 is 0. The Morgan fingerprint density at radius 3 is 1.35 bits per heavy atom. The summed E-state index contributed by atoms with van der Waals surface area (Å²) in [5.41, 5.74) is 5.29. The van der Waals surface area contributed by atoms with E-state index in [1.54, 1.807) is 0 Å². The number of nitrogens with one attached hydrogen (secondary N) is 4. The monoisotopic (exact) mass is 902 g/mol. The van der Waals surface area contributed by atoms with Crippen molar-refractivity contribution in [2.45, 2.75) is 138 Å². The van der Waals surface area contributed by atoms with Crippen molar-refractivity contribution in [1.82, 2.24) is 40.4 Å². The van der Waals surface area contributed by atoms with Crippen LogP contribution in [0.15, 0.2) is 60.9 Å². The van der Waals surface area contributed by atoms with Crippen molar-refractivity contribution >= 4 is 24.0 Å². The molecular formula is C50H62N8O8. The van der Waals surface area contributed by atoms with Crippen molar-refractivity contribution in [3.05, 3.63) is 72.6 Å². The van der Waals surface area contributed by atoms with Crippen LogP contribution in [0, 0.1) is 11.8 Å². The highest BCUT2D eigenvalue weighted by atomic mass is 16.5. The highest BCUT2D eigenvalue weighted by molar-refractivity contribution is 5.88. The molecule has 6 fully saturated rings. The Labute approximate surface area is 385 Å². The molecule has 4 saturated heterocycles. The highest BCUT2D eigenvalue weighted by Gasteiger charge is 2.53. The van der Waals surface area contributed by atoms with Crippen LogP contribution in [0.4, 0.5) is 9.59 Å². The number of nitrogens with zero attached hydrogens (tertiary/aromatic N) is 4. The van der Waals surface area contributed by atoms with Gasteiger partial charge in [-0.3, -0.25) is 9.59 Å². The minimum atomic E-state index is -0.701. The lowest BCUT2D eigenvalue weighted by molar-refractivity contribution is -0.140. The third-order valence-electron chi connectivity index (χ3n) is 15.4. The maximum Gasteiger partial charge on any atom is 0.407 e. The third kappa shape index (κ3) is 8.69. The van der Waals surface area contributed by atoms with E-state index in [-0.39, 0.29) is 59.0 Å². The molecule has 8 atom stereocenters. The molecule has 4 aliphatic heterocycles. The first kappa shape index (κ1) is 44.1. The molecule has 16 nitrogen and oxygen atoms in total. The second-order valence-electron chi connectivity index (χ2n) is 19.7. The van der Waals surface area contributed by atoms with Gasteiger partial charge in [0.2, 0.25) is 11.8 Å². The zero-order valence-corrected chi connectivity index (χ0v) is 38.3. The summed E-state index contributed by atoms with van der Waals surface area (Å²) < 4.78 is 22.0. The minimum absolute atomic E-state index is 0.0148. The molecule has 4 N–H and O–H groups in total. The van der Waals surface area contributed by atoms with Crippen LogP contribution in [0.2, 0.25) is 0 Å². The first-order valence-corrected chi connectivity index (χ1v) is 23.9. The molecule has 6 heterocycles. The molecule has 66 heavy (non-hydrogen) atoms. The Kier molecular flexibility index (Phi) is 11.9. The molecule has 6 aliphatic rings. The van der Waals surface area contributed by atoms with Gasteiger partial charge in [0.1, 0.15) is 23.7 Å². The number of amides is 4. The van der Waals surface area contributed by atoms with Gasteiger partial charge < -0.3 is 49.3 Å². The number of rotatable bonds is 11. The molecule has 2 aliphatic carbocycles. The summed E-state index contributed by atoms with van der Waals surface area (Å²) in [6, 6.07) is 14.7. The SMILES string of the molecule is COC(=O)NC(C(=O)N1[C@@H](C)CC[C@H]1c1nc(-c2ccc(-c3ccc(-c4c[nH]c([C@@H]5CC[C@H](C)N5C(=O)C(NC(=O)OC)C5CCOC6(CC6)C5)n4)cc3)cc2)c[nH]1)C1CCOC2(CC2)C1. The Bertz CT molecular complexity index is 2260. The fourth-order valence-electron chi connectivity index (χ4n) is 11.4. The minimum Gasteiger partial charge on any atom is -0.453 e. The van der Waals surface area contributed by atoms with E-state index in [0.717, 1.165) is 109 Å². The molecule has 2 aromatic heterocycles. The molecule has 2 saturated carbocycles. The molecule has 0 radical (unpaired) electrons. The molecular weight excluding hydrogens is 841 g/mol. The van der Waals surface area contributed by atoms with Crippen molar-refractivity contribution in [1.29, 1.82) is 0 Å². The van der Waals surface area contributed by atoms with Crippen LogP contribution in [0.5, 0.6) is 0 Å². The third-order valence-corrected chi connectivity index (χ3v) is 15.4. The maximum absolute atomic E-state index is 14.4. The summed E-state index contributed by atoms with van der Waals surface area (Å²) in [6.07, 6.45) is 12.7. The van der Waals surface area contributed by atoms with Crippen LogP contribution in [0.25, 0.3) is 33.6 Å².